The van der Waals surface area contributed by atoms with Gasteiger partial charge in [0.05, 0.1) is 18.1 Å². The molecule has 20 heavy (non-hydrogen) atoms. The Morgan fingerprint density at radius 2 is 2.00 bits per heavy atom. The van der Waals surface area contributed by atoms with Crippen LogP contribution in [0.25, 0.3) is 0 Å². The van der Waals surface area contributed by atoms with Crippen molar-refractivity contribution >= 4 is 15.7 Å². The molecule has 0 spiro atoms. The molecule has 1 saturated heterocycles. The van der Waals surface area contributed by atoms with Gasteiger partial charge in [-0.3, -0.25) is 4.79 Å². The van der Waals surface area contributed by atoms with Gasteiger partial charge in [-0.05, 0) is 18.9 Å². The Labute approximate surface area is 119 Å². The predicted molar refractivity (Wildman–Crippen MR) is 78.1 cm³/mol. The fraction of sp³-hybridized carbons (Fsp3) is 0.500. The van der Waals surface area contributed by atoms with E-state index >= 15 is 0 Å². The van der Waals surface area contributed by atoms with Gasteiger partial charge in [0.2, 0.25) is 5.91 Å². The number of rotatable bonds is 5. The van der Waals surface area contributed by atoms with Crippen molar-refractivity contribution in [1.82, 2.24) is 10.6 Å². The first-order valence-electron chi connectivity index (χ1n) is 6.71. The second-order valence-electron chi connectivity index (χ2n) is 5.24. The van der Waals surface area contributed by atoms with Crippen molar-refractivity contribution in [3.63, 3.8) is 0 Å². The Bertz CT molecular complexity index is 567. The Morgan fingerprint density at radius 3 is 2.60 bits per heavy atom. The quantitative estimate of drug-likeness (QED) is 0.824. The summed E-state index contributed by atoms with van der Waals surface area (Å²) in [5.41, 5.74) is 2.23. The fourth-order valence-electron chi connectivity index (χ4n) is 2.16. The number of aryl methyl sites for hydroxylation is 1. The van der Waals surface area contributed by atoms with E-state index in [0.717, 1.165) is 5.56 Å². The molecule has 1 aliphatic rings. The first kappa shape index (κ1) is 15.0. The van der Waals surface area contributed by atoms with E-state index in [1.54, 1.807) is 0 Å². The van der Waals surface area contributed by atoms with Crippen LogP contribution >= 0.6 is 0 Å². The summed E-state index contributed by atoms with van der Waals surface area (Å²) in [6.45, 7) is 2.66. The van der Waals surface area contributed by atoms with Crippen LogP contribution in [0.15, 0.2) is 24.3 Å². The van der Waals surface area contributed by atoms with Gasteiger partial charge in [0.1, 0.15) is 0 Å². The summed E-state index contributed by atoms with van der Waals surface area (Å²) in [5, 5.41) is 5.80. The summed E-state index contributed by atoms with van der Waals surface area (Å²) in [6.07, 6.45) is 0.591. The second-order valence-corrected chi connectivity index (χ2v) is 7.47. The first-order valence-corrected chi connectivity index (χ1v) is 8.53. The average molecular weight is 296 g/mol. The Balaban J connectivity index is 1.69. The molecule has 1 aromatic carbocycles. The highest BCUT2D eigenvalue weighted by molar-refractivity contribution is 7.91. The van der Waals surface area contributed by atoms with E-state index in [4.69, 9.17) is 0 Å². The maximum absolute atomic E-state index is 11.7. The Kier molecular flexibility index (Phi) is 4.77. The maximum Gasteiger partial charge on any atom is 0.234 e. The summed E-state index contributed by atoms with van der Waals surface area (Å²) in [6, 6.07) is 7.87. The molecule has 1 heterocycles. The Hall–Kier alpha value is -1.40. The highest BCUT2D eigenvalue weighted by Crippen LogP contribution is 2.10. The lowest BCUT2D eigenvalue weighted by atomic mass is 10.1. The number of hydrogen-bond donors (Lipinski definition) is 2. The molecule has 6 heteroatoms. The van der Waals surface area contributed by atoms with Crippen molar-refractivity contribution in [2.75, 3.05) is 18.1 Å². The van der Waals surface area contributed by atoms with Crippen LogP contribution in [0.4, 0.5) is 0 Å². The molecular weight excluding hydrogens is 276 g/mol. The minimum atomic E-state index is -2.90. The van der Waals surface area contributed by atoms with Gasteiger partial charge in [-0.15, -0.1) is 0 Å². The smallest absolute Gasteiger partial charge is 0.234 e. The van der Waals surface area contributed by atoms with E-state index in [1.807, 2.05) is 31.2 Å². The highest BCUT2D eigenvalue weighted by Gasteiger charge is 2.27. The fourth-order valence-corrected chi connectivity index (χ4v) is 3.87. The van der Waals surface area contributed by atoms with Gasteiger partial charge in [-0.25, -0.2) is 8.42 Å². The van der Waals surface area contributed by atoms with Crippen molar-refractivity contribution in [3.05, 3.63) is 35.4 Å². The predicted octanol–water partition coefficient (Wildman–Crippen LogP) is 0.388. The van der Waals surface area contributed by atoms with Gasteiger partial charge >= 0.3 is 0 Å². The van der Waals surface area contributed by atoms with E-state index in [-0.39, 0.29) is 30.0 Å². The molecule has 1 amide bonds. The van der Waals surface area contributed by atoms with E-state index in [9.17, 15) is 13.2 Å². The van der Waals surface area contributed by atoms with Crippen molar-refractivity contribution in [3.8, 4) is 0 Å². The van der Waals surface area contributed by atoms with Crippen molar-refractivity contribution in [1.29, 1.82) is 0 Å². The third-order valence-corrected chi connectivity index (χ3v) is 5.16. The second kappa shape index (κ2) is 6.37. The molecule has 0 saturated carbocycles. The topological polar surface area (TPSA) is 75.3 Å². The van der Waals surface area contributed by atoms with E-state index in [2.05, 4.69) is 10.6 Å². The van der Waals surface area contributed by atoms with Crippen LogP contribution in [0.2, 0.25) is 0 Å². The van der Waals surface area contributed by atoms with Crippen LogP contribution in [0.5, 0.6) is 0 Å². The van der Waals surface area contributed by atoms with Gasteiger partial charge in [0.15, 0.2) is 9.84 Å². The summed E-state index contributed by atoms with van der Waals surface area (Å²) in [4.78, 5) is 11.7. The van der Waals surface area contributed by atoms with Gasteiger partial charge in [0.25, 0.3) is 0 Å². The average Bonchev–Trinajstić information content (AvgIpc) is 2.75. The van der Waals surface area contributed by atoms with Gasteiger partial charge in [-0.2, -0.15) is 0 Å². The van der Waals surface area contributed by atoms with Crippen LogP contribution < -0.4 is 10.6 Å². The molecule has 2 N–H and O–H groups in total. The number of nitrogens with one attached hydrogen (secondary N) is 2. The molecule has 0 aliphatic carbocycles. The minimum absolute atomic E-state index is 0.0925. The summed E-state index contributed by atoms with van der Waals surface area (Å²) >= 11 is 0. The molecule has 1 aromatic rings. The maximum atomic E-state index is 11.7. The molecule has 0 radical (unpaired) electrons. The SMILES string of the molecule is Cc1ccc(CNC(=O)CNC2CCS(=O)(=O)C2)cc1. The van der Waals surface area contributed by atoms with Crippen molar-refractivity contribution < 1.29 is 13.2 Å². The van der Waals surface area contributed by atoms with Crippen molar-refractivity contribution in [2.45, 2.75) is 25.9 Å². The van der Waals surface area contributed by atoms with Gasteiger partial charge < -0.3 is 10.6 Å². The number of amides is 1. The zero-order chi connectivity index (χ0) is 14.6. The van der Waals surface area contributed by atoms with E-state index < -0.39 is 9.84 Å². The van der Waals surface area contributed by atoms with Crippen LogP contribution in [-0.4, -0.2) is 38.4 Å². The largest absolute Gasteiger partial charge is 0.351 e. The molecule has 2 rings (SSSR count). The lowest BCUT2D eigenvalue weighted by Gasteiger charge is -2.11. The molecule has 1 aliphatic heterocycles. The monoisotopic (exact) mass is 296 g/mol. The lowest BCUT2D eigenvalue weighted by molar-refractivity contribution is -0.120. The molecule has 1 fully saturated rings. The Morgan fingerprint density at radius 1 is 1.30 bits per heavy atom. The first-order chi connectivity index (χ1) is 9.44. The van der Waals surface area contributed by atoms with E-state index in [0.29, 0.717) is 13.0 Å². The number of carbonyl (C=O) groups excluding carboxylic acids is 1. The summed E-state index contributed by atoms with van der Waals surface area (Å²) in [5.74, 6) is 0.239. The van der Waals surface area contributed by atoms with Gasteiger partial charge in [-0.1, -0.05) is 29.8 Å². The van der Waals surface area contributed by atoms with Gasteiger partial charge in [0, 0.05) is 12.6 Å². The normalized spacial score (nSPS) is 20.8. The summed E-state index contributed by atoms with van der Waals surface area (Å²) < 4.78 is 22.6. The highest BCUT2D eigenvalue weighted by atomic mass is 32.2. The molecule has 1 atom stereocenters. The van der Waals surface area contributed by atoms with Crippen molar-refractivity contribution in [2.24, 2.45) is 0 Å². The summed E-state index contributed by atoms with van der Waals surface area (Å²) in [7, 11) is -2.90. The molecule has 0 bridgehead atoms. The standard InChI is InChI=1S/C14H20N2O3S/c1-11-2-4-12(5-3-11)8-16-14(17)9-15-13-6-7-20(18,19)10-13/h2-5,13,15H,6-10H2,1H3,(H,16,17). The molecular formula is C14H20N2O3S. The zero-order valence-corrected chi connectivity index (χ0v) is 12.4. The molecule has 110 valence electrons. The number of sulfone groups is 1. The molecule has 0 aromatic heterocycles. The number of benzene rings is 1. The van der Waals surface area contributed by atoms with Crippen LogP contribution in [0.1, 0.15) is 17.5 Å². The van der Waals surface area contributed by atoms with Crippen LogP contribution in [0, 0.1) is 6.92 Å². The van der Waals surface area contributed by atoms with Crippen LogP contribution in [0.3, 0.4) is 0 Å². The lowest BCUT2D eigenvalue weighted by Crippen LogP contribution is -2.39. The number of hydrogen-bond acceptors (Lipinski definition) is 4. The van der Waals surface area contributed by atoms with Crippen LogP contribution in [-0.2, 0) is 21.2 Å². The minimum Gasteiger partial charge on any atom is -0.351 e. The number of carbonyl (C=O) groups is 1. The zero-order valence-electron chi connectivity index (χ0n) is 11.6. The third-order valence-electron chi connectivity index (χ3n) is 3.39. The molecule has 1 unspecified atom stereocenters. The third kappa shape index (κ3) is 4.61. The van der Waals surface area contributed by atoms with E-state index in [1.165, 1.54) is 5.56 Å². The molecule has 5 nitrogen and oxygen atoms in total.